The summed E-state index contributed by atoms with van der Waals surface area (Å²) in [6.45, 7) is 1.85. The van der Waals surface area contributed by atoms with Gasteiger partial charge in [-0.1, -0.05) is 24.3 Å². The quantitative estimate of drug-likeness (QED) is 0.335. The maximum absolute atomic E-state index is 12.5. The normalized spacial score (nSPS) is 12.7. The zero-order chi connectivity index (χ0) is 22.8. The van der Waals surface area contributed by atoms with Crippen LogP contribution < -0.4 is 5.32 Å². The number of fused-ring (bicyclic) bond motifs is 1. The molecule has 2 heterocycles. The standard InChI is InChI=1S/C22H18N4O5S/c1-13-24-19(12-32-13)15-4-2-14(3-5-15)8-9-23-20(27)11-25-21(28)17-7-6-16(26(30)31)10-18(17)22(25)29/h2-7,10,12H,8-9,11H2,1H3,(H,23,27). The number of nitro groups is 1. The summed E-state index contributed by atoms with van der Waals surface area (Å²) in [4.78, 5) is 52.7. The Bertz CT molecular complexity index is 1240. The van der Waals surface area contributed by atoms with Crippen molar-refractivity contribution < 1.29 is 19.3 Å². The first-order valence-electron chi connectivity index (χ1n) is 9.76. The van der Waals surface area contributed by atoms with Gasteiger partial charge in [-0.25, -0.2) is 4.98 Å². The van der Waals surface area contributed by atoms with Crippen molar-refractivity contribution in [3.63, 3.8) is 0 Å². The van der Waals surface area contributed by atoms with Gasteiger partial charge in [-0.3, -0.25) is 29.4 Å². The lowest BCUT2D eigenvalue weighted by Crippen LogP contribution is -2.40. The van der Waals surface area contributed by atoms with E-state index in [1.54, 1.807) is 11.3 Å². The summed E-state index contributed by atoms with van der Waals surface area (Å²) < 4.78 is 0. The molecule has 0 atom stereocenters. The molecule has 0 radical (unpaired) electrons. The number of imide groups is 1. The average Bonchev–Trinajstić information content (AvgIpc) is 3.31. The van der Waals surface area contributed by atoms with E-state index in [2.05, 4.69) is 10.3 Å². The maximum Gasteiger partial charge on any atom is 0.270 e. The van der Waals surface area contributed by atoms with Crippen molar-refractivity contribution in [1.82, 2.24) is 15.2 Å². The number of aromatic nitrogens is 1. The number of hydrogen-bond donors (Lipinski definition) is 1. The van der Waals surface area contributed by atoms with Crippen molar-refractivity contribution >= 4 is 34.7 Å². The first-order valence-corrected chi connectivity index (χ1v) is 10.6. The molecule has 0 unspecified atom stereocenters. The van der Waals surface area contributed by atoms with Crippen LogP contribution >= 0.6 is 11.3 Å². The van der Waals surface area contributed by atoms with Crippen LogP contribution in [0.15, 0.2) is 47.8 Å². The van der Waals surface area contributed by atoms with Crippen LogP contribution in [-0.2, 0) is 11.2 Å². The molecule has 1 aliphatic rings. The molecule has 9 nitrogen and oxygen atoms in total. The van der Waals surface area contributed by atoms with E-state index in [0.29, 0.717) is 13.0 Å². The number of carbonyl (C=O) groups excluding carboxylic acids is 3. The minimum absolute atomic E-state index is 0.0591. The van der Waals surface area contributed by atoms with Crippen molar-refractivity contribution in [2.45, 2.75) is 13.3 Å². The number of thiazole rings is 1. The molecule has 0 bridgehead atoms. The second-order valence-corrected chi connectivity index (χ2v) is 8.29. The van der Waals surface area contributed by atoms with E-state index in [-0.39, 0.29) is 16.8 Å². The van der Waals surface area contributed by atoms with Gasteiger partial charge >= 0.3 is 0 Å². The number of rotatable bonds is 7. The molecule has 0 fully saturated rings. The molecule has 0 aliphatic carbocycles. The Hall–Kier alpha value is -3.92. The summed E-state index contributed by atoms with van der Waals surface area (Å²) in [5.74, 6) is -1.83. The summed E-state index contributed by atoms with van der Waals surface area (Å²) in [6.07, 6.45) is 0.580. The summed E-state index contributed by atoms with van der Waals surface area (Å²) in [5.41, 5.74) is 2.68. The third-order valence-corrected chi connectivity index (χ3v) is 5.84. The van der Waals surface area contributed by atoms with E-state index < -0.39 is 29.2 Å². The van der Waals surface area contributed by atoms with Gasteiger partial charge in [0.15, 0.2) is 0 Å². The minimum Gasteiger partial charge on any atom is -0.354 e. The second-order valence-electron chi connectivity index (χ2n) is 7.23. The van der Waals surface area contributed by atoms with E-state index in [4.69, 9.17) is 0 Å². The monoisotopic (exact) mass is 450 g/mol. The van der Waals surface area contributed by atoms with Gasteiger partial charge < -0.3 is 5.32 Å². The number of nitrogens with one attached hydrogen (secondary N) is 1. The summed E-state index contributed by atoms with van der Waals surface area (Å²) in [5, 5.41) is 16.6. The Morgan fingerprint density at radius 2 is 1.84 bits per heavy atom. The van der Waals surface area contributed by atoms with Gasteiger partial charge in [-0.05, 0) is 25.0 Å². The Balaban J connectivity index is 1.31. The molecular formula is C22H18N4O5S. The molecular weight excluding hydrogens is 432 g/mol. The zero-order valence-electron chi connectivity index (χ0n) is 17.0. The highest BCUT2D eigenvalue weighted by molar-refractivity contribution is 7.09. The zero-order valence-corrected chi connectivity index (χ0v) is 17.8. The first kappa shape index (κ1) is 21.3. The molecule has 162 valence electrons. The lowest BCUT2D eigenvalue weighted by atomic mass is 10.1. The summed E-state index contributed by atoms with van der Waals surface area (Å²) in [7, 11) is 0. The molecule has 3 aromatic rings. The number of nitro benzene ring substituents is 1. The Morgan fingerprint density at radius 3 is 2.50 bits per heavy atom. The Morgan fingerprint density at radius 1 is 1.12 bits per heavy atom. The van der Waals surface area contributed by atoms with E-state index in [1.165, 1.54) is 6.07 Å². The van der Waals surface area contributed by atoms with Crippen LogP contribution in [0.3, 0.4) is 0 Å². The second kappa shape index (κ2) is 8.67. The van der Waals surface area contributed by atoms with Gasteiger partial charge in [0.05, 0.1) is 26.8 Å². The number of benzene rings is 2. The predicted molar refractivity (Wildman–Crippen MR) is 117 cm³/mol. The van der Waals surface area contributed by atoms with Crippen molar-refractivity contribution in [3.05, 3.63) is 79.7 Å². The molecule has 0 spiro atoms. The van der Waals surface area contributed by atoms with E-state index in [9.17, 15) is 24.5 Å². The van der Waals surface area contributed by atoms with Crippen LogP contribution in [0.25, 0.3) is 11.3 Å². The molecule has 2 aromatic carbocycles. The van der Waals surface area contributed by atoms with Gasteiger partial charge in [0.25, 0.3) is 17.5 Å². The topological polar surface area (TPSA) is 123 Å². The predicted octanol–water partition coefficient (Wildman–Crippen LogP) is 2.98. The molecule has 1 aromatic heterocycles. The number of aryl methyl sites for hydroxylation is 1. The number of hydrogen-bond acceptors (Lipinski definition) is 7. The Kier molecular flexibility index (Phi) is 5.78. The largest absolute Gasteiger partial charge is 0.354 e. The first-order chi connectivity index (χ1) is 15.3. The maximum atomic E-state index is 12.5. The highest BCUT2D eigenvalue weighted by Gasteiger charge is 2.37. The van der Waals surface area contributed by atoms with Crippen LogP contribution in [0.4, 0.5) is 5.69 Å². The molecule has 10 heteroatoms. The molecule has 1 aliphatic heterocycles. The van der Waals surface area contributed by atoms with Gasteiger partial charge in [0.2, 0.25) is 5.91 Å². The van der Waals surface area contributed by atoms with E-state index >= 15 is 0 Å². The SMILES string of the molecule is Cc1nc(-c2ccc(CCNC(=O)CN3C(=O)c4ccc([N+](=O)[O-])cc4C3=O)cc2)cs1. The van der Waals surface area contributed by atoms with E-state index in [0.717, 1.165) is 38.9 Å². The van der Waals surface area contributed by atoms with Crippen molar-refractivity contribution in [2.75, 3.05) is 13.1 Å². The van der Waals surface area contributed by atoms with Gasteiger partial charge in [-0.15, -0.1) is 11.3 Å². The third-order valence-electron chi connectivity index (χ3n) is 5.07. The van der Waals surface area contributed by atoms with Crippen molar-refractivity contribution in [3.8, 4) is 11.3 Å². The van der Waals surface area contributed by atoms with E-state index in [1.807, 2.05) is 36.6 Å². The molecule has 32 heavy (non-hydrogen) atoms. The van der Waals surface area contributed by atoms with Gasteiger partial charge in [-0.2, -0.15) is 0 Å². The molecule has 3 amide bonds. The van der Waals surface area contributed by atoms with Crippen LogP contribution in [0, 0.1) is 17.0 Å². The lowest BCUT2D eigenvalue weighted by Gasteiger charge is -2.13. The lowest BCUT2D eigenvalue weighted by molar-refractivity contribution is -0.384. The van der Waals surface area contributed by atoms with Crippen molar-refractivity contribution in [2.24, 2.45) is 0 Å². The fourth-order valence-corrected chi connectivity index (χ4v) is 4.04. The number of carbonyl (C=O) groups is 3. The number of nitrogens with zero attached hydrogens (tertiary/aromatic N) is 3. The molecule has 0 saturated heterocycles. The van der Waals surface area contributed by atoms with Gasteiger partial charge in [0, 0.05) is 29.6 Å². The fourth-order valence-electron chi connectivity index (χ4n) is 3.42. The minimum atomic E-state index is -0.711. The molecule has 1 N–H and O–H groups in total. The molecule has 0 saturated carbocycles. The Labute approximate surface area is 186 Å². The number of non-ortho nitro benzene ring substituents is 1. The van der Waals surface area contributed by atoms with Crippen LogP contribution in [0.1, 0.15) is 31.3 Å². The van der Waals surface area contributed by atoms with Crippen molar-refractivity contribution in [1.29, 1.82) is 0 Å². The molecule has 4 rings (SSSR count). The number of amides is 3. The van der Waals surface area contributed by atoms with Crippen LogP contribution in [0.5, 0.6) is 0 Å². The summed E-state index contributed by atoms with van der Waals surface area (Å²) in [6, 6.07) is 11.3. The smallest absolute Gasteiger partial charge is 0.270 e. The third kappa shape index (κ3) is 4.26. The van der Waals surface area contributed by atoms with Crippen LogP contribution in [0.2, 0.25) is 0 Å². The fraction of sp³-hybridized carbons (Fsp3) is 0.182. The highest BCUT2D eigenvalue weighted by Crippen LogP contribution is 2.26. The highest BCUT2D eigenvalue weighted by atomic mass is 32.1. The summed E-state index contributed by atoms with van der Waals surface area (Å²) >= 11 is 1.59. The van der Waals surface area contributed by atoms with Gasteiger partial charge in [0.1, 0.15) is 6.54 Å². The van der Waals surface area contributed by atoms with Crippen LogP contribution in [-0.4, -0.2) is 45.6 Å². The average molecular weight is 450 g/mol.